The summed E-state index contributed by atoms with van der Waals surface area (Å²) in [5, 5.41) is 6.61. The van der Waals surface area contributed by atoms with Crippen LogP contribution in [0.2, 0.25) is 0 Å². The van der Waals surface area contributed by atoms with Gasteiger partial charge in [-0.3, -0.25) is 14.9 Å². The first-order valence-electron chi connectivity index (χ1n) is 8.85. The monoisotopic (exact) mass is 341 g/mol. The summed E-state index contributed by atoms with van der Waals surface area (Å²) in [4.78, 5) is 26.3. The molecule has 2 amide bonds. The van der Waals surface area contributed by atoms with Gasteiger partial charge in [-0.15, -0.1) is 11.8 Å². The molecule has 2 aliphatic rings. The molecule has 5 nitrogen and oxygen atoms in total. The highest BCUT2D eigenvalue weighted by atomic mass is 32.2. The van der Waals surface area contributed by atoms with Crippen LogP contribution in [0.1, 0.15) is 47.0 Å². The Balaban J connectivity index is 1.81. The predicted octanol–water partition coefficient (Wildman–Crippen LogP) is 1.83. The Morgan fingerprint density at radius 3 is 2.52 bits per heavy atom. The molecule has 0 aliphatic carbocycles. The molecule has 2 rings (SSSR count). The zero-order valence-electron chi connectivity index (χ0n) is 14.9. The lowest BCUT2D eigenvalue weighted by Gasteiger charge is -2.39. The average molecular weight is 342 g/mol. The van der Waals surface area contributed by atoms with Gasteiger partial charge in [0.25, 0.3) is 0 Å². The minimum absolute atomic E-state index is 0.0217. The third-order valence-corrected chi connectivity index (χ3v) is 6.56. The van der Waals surface area contributed by atoms with Crippen molar-refractivity contribution in [2.75, 3.05) is 25.4 Å². The third-order valence-electron chi connectivity index (χ3n) is 4.98. The molecule has 2 fully saturated rings. The van der Waals surface area contributed by atoms with Gasteiger partial charge in [-0.25, -0.2) is 0 Å². The van der Waals surface area contributed by atoms with Crippen molar-refractivity contribution in [1.29, 1.82) is 0 Å². The summed E-state index contributed by atoms with van der Waals surface area (Å²) in [6.07, 6.45) is 2.92. The molecule has 0 radical (unpaired) electrons. The summed E-state index contributed by atoms with van der Waals surface area (Å²) in [5.74, 6) is 1.77. The third kappa shape index (κ3) is 4.63. The Bertz CT molecular complexity index is 434. The highest BCUT2D eigenvalue weighted by molar-refractivity contribution is 8.01. The number of likely N-dealkylation sites (tertiary alicyclic amines) is 1. The van der Waals surface area contributed by atoms with Crippen LogP contribution in [0.15, 0.2) is 0 Å². The van der Waals surface area contributed by atoms with Crippen LogP contribution < -0.4 is 10.6 Å². The Hall–Kier alpha value is -0.750. The van der Waals surface area contributed by atoms with Gasteiger partial charge in [-0.05, 0) is 18.8 Å². The molecular weight excluding hydrogens is 310 g/mol. The van der Waals surface area contributed by atoms with Gasteiger partial charge in [0.1, 0.15) is 0 Å². The van der Waals surface area contributed by atoms with Crippen molar-refractivity contribution in [2.45, 2.75) is 57.9 Å². The summed E-state index contributed by atoms with van der Waals surface area (Å²) in [7, 11) is 0. The molecule has 2 saturated heterocycles. The van der Waals surface area contributed by atoms with E-state index in [0.29, 0.717) is 5.92 Å². The first-order chi connectivity index (χ1) is 10.9. The van der Waals surface area contributed by atoms with Gasteiger partial charge in [-0.1, -0.05) is 34.1 Å². The molecule has 2 atom stereocenters. The number of piperidine rings is 1. The topological polar surface area (TPSA) is 61.4 Å². The van der Waals surface area contributed by atoms with Crippen LogP contribution in [0, 0.1) is 11.8 Å². The Kier molecular flexibility index (Phi) is 6.37. The standard InChI is InChI=1S/C17H31N3O2S/c1-5-13(4)10-18-15(21)14-11-23-17(19-14)6-8-20(9-7-17)16(22)12(2)3/h12-14,19H,5-11H2,1-4H3,(H,18,21). The van der Waals surface area contributed by atoms with Crippen molar-refractivity contribution in [3.05, 3.63) is 0 Å². The second-order valence-corrected chi connectivity index (χ2v) is 8.64. The summed E-state index contributed by atoms with van der Waals surface area (Å²) < 4.78 is 0. The number of amides is 2. The quantitative estimate of drug-likeness (QED) is 0.801. The van der Waals surface area contributed by atoms with Crippen molar-refractivity contribution < 1.29 is 9.59 Å². The highest BCUT2D eigenvalue weighted by Gasteiger charge is 2.44. The smallest absolute Gasteiger partial charge is 0.238 e. The molecule has 2 aliphatic heterocycles. The highest BCUT2D eigenvalue weighted by Crippen LogP contribution is 2.39. The Labute approximate surface area is 144 Å². The molecule has 2 heterocycles. The molecule has 2 unspecified atom stereocenters. The fraction of sp³-hybridized carbons (Fsp3) is 0.882. The van der Waals surface area contributed by atoms with Crippen LogP contribution in [-0.2, 0) is 9.59 Å². The van der Waals surface area contributed by atoms with Crippen LogP contribution in [0.25, 0.3) is 0 Å². The predicted molar refractivity (Wildman–Crippen MR) is 95.2 cm³/mol. The zero-order chi connectivity index (χ0) is 17.0. The minimum Gasteiger partial charge on any atom is -0.354 e. The molecule has 0 bridgehead atoms. The van der Waals surface area contributed by atoms with E-state index in [0.717, 1.165) is 44.6 Å². The van der Waals surface area contributed by atoms with Gasteiger partial charge < -0.3 is 10.2 Å². The largest absolute Gasteiger partial charge is 0.354 e. The van der Waals surface area contributed by atoms with E-state index >= 15 is 0 Å². The molecule has 0 saturated carbocycles. The number of carbonyl (C=O) groups is 2. The van der Waals surface area contributed by atoms with Crippen molar-refractivity contribution in [1.82, 2.24) is 15.5 Å². The molecule has 2 N–H and O–H groups in total. The molecule has 0 aromatic heterocycles. The molecular formula is C17H31N3O2S. The maximum Gasteiger partial charge on any atom is 0.238 e. The minimum atomic E-state index is -0.101. The first kappa shape index (κ1) is 18.6. The van der Waals surface area contributed by atoms with Crippen LogP contribution in [-0.4, -0.2) is 53.0 Å². The zero-order valence-corrected chi connectivity index (χ0v) is 15.7. The molecule has 6 heteroatoms. The van der Waals surface area contributed by atoms with Crippen LogP contribution >= 0.6 is 11.8 Å². The molecule has 1 spiro atoms. The summed E-state index contributed by atoms with van der Waals surface area (Å²) in [6.45, 7) is 10.5. The summed E-state index contributed by atoms with van der Waals surface area (Å²) in [5.41, 5.74) is 0. The fourth-order valence-corrected chi connectivity index (χ4v) is 4.49. The van der Waals surface area contributed by atoms with E-state index in [4.69, 9.17) is 0 Å². The van der Waals surface area contributed by atoms with Gasteiger partial charge in [0.05, 0.1) is 10.9 Å². The van der Waals surface area contributed by atoms with E-state index in [-0.39, 0.29) is 28.6 Å². The van der Waals surface area contributed by atoms with Gasteiger partial charge in [-0.2, -0.15) is 0 Å². The van der Waals surface area contributed by atoms with E-state index in [1.807, 2.05) is 30.5 Å². The normalized spacial score (nSPS) is 24.9. The van der Waals surface area contributed by atoms with Gasteiger partial charge in [0.2, 0.25) is 11.8 Å². The Morgan fingerprint density at radius 2 is 1.96 bits per heavy atom. The SMILES string of the molecule is CCC(C)CNC(=O)C1CSC2(CCN(C(=O)C(C)C)CC2)N1. The average Bonchev–Trinajstić information content (AvgIpc) is 2.96. The number of nitrogens with one attached hydrogen (secondary N) is 2. The van der Waals surface area contributed by atoms with Crippen LogP contribution in [0.4, 0.5) is 0 Å². The van der Waals surface area contributed by atoms with Crippen molar-refractivity contribution >= 4 is 23.6 Å². The Morgan fingerprint density at radius 1 is 1.30 bits per heavy atom. The fourth-order valence-electron chi connectivity index (χ4n) is 3.07. The number of hydrogen-bond acceptors (Lipinski definition) is 4. The van der Waals surface area contributed by atoms with Crippen LogP contribution in [0.3, 0.4) is 0 Å². The van der Waals surface area contributed by atoms with Crippen LogP contribution in [0.5, 0.6) is 0 Å². The van der Waals surface area contributed by atoms with E-state index in [2.05, 4.69) is 24.5 Å². The molecule has 0 aromatic carbocycles. The molecule has 23 heavy (non-hydrogen) atoms. The number of carbonyl (C=O) groups excluding carboxylic acids is 2. The maximum absolute atomic E-state index is 12.3. The van der Waals surface area contributed by atoms with Gasteiger partial charge in [0.15, 0.2) is 0 Å². The second-order valence-electron chi connectivity index (χ2n) is 7.24. The second kappa shape index (κ2) is 7.88. The summed E-state index contributed by atoms with van der Waals surface area (Å²) in [6, 6.07) is -0.101. The van der Waals surface area contributed by atoms with E-state index in [9.17, 15) is 9.59 Å². The lowest BCUT2D eigenvalue weighted by Crippen LogP contribution is -2.55. The van der Waals surface area contributed by atoms with Crippen molar-refractivity contribution in [2.24, 2.45) is 11.8 Å². The van der Waals surface area contributed by atoms with Crippen molar-refractivity contribution in [3.8, 4) is 0 Å². The number of thioether (sulfide) groups is 1. The molecule has 0 aromatic rings. The lowest BCUT2D eigenvalue weighted by atomic mass is 10.0. The van der Waals surface area contributed by atoms with E-state index in [1.54, 1.807) is 0 Å². The number of nitrogens with zero attached hydrogens (tertiary/aromatic N) is 1. The van der Waals surface area contributed by atoms with E-state index in [1.165, 1.54) is 0 Å². The number of rotatable bonds is 5. The van der Waals surface area contributed by atoms with Crippen molar-refractivity contribution in [3.63, 3.8) is 0 Å². The van der Waals surface area contributed by atoms with Gasteiger partial charge >= 0.3 is 0 Å². The van der Waals surface area contributed by atoms with Gasteiger partial charge in [0, 0.05) is 31.3 Å². The summed E-state index contributed by atoms with van der Waals surface area (Å²) >= 11 is 1.85. The maximum atomic E-state index is 12.3. The van der Waals surface area contributed by atoms with E-state index < -0.39 is 0 Å². The first-order valence-corrected chi connectivity index (χ1v) is 9.83. The molecule has 132 valence electrons. The lowest BCUT2D eigenvalue weighted by molar-refractivity contribution is -0.136. The number of hydrogen-bond donors (Lipinski definition) is 2.